The van der Waals surface area contributed by atoms with E-state index >= 15 is 0 Å². The van der Waals surface area contributed by atoms with Gasteiger partial charge in [0.1, 0.15) is 11.5 Å². The van der Waals surface area contributed by atoms with Gasteiger partial charge in [0, 0.05) is 11.3 Å². The van der Waals surface area contributed by atoms with Crippen molar-refractivity contribution in [2.75, 3.05) is 5.73 Å². The summed E-state index contributed by atoms with van der Waals surface area (Å²) in [7, 11) is 0. The van der Waals surface area contributed by atoms with Gasteiger partial charge in [-0.1, -0.05) is 12.0 Å². The number of benzene rings is 1. The van der Waals surface area contributed by atoms with Gasteiger partial charge in [-0.05, 0) is 49.6 Å². The SMILES string of the molecule is Cc1cc(C)c(N)c(C#Cc2cccc(F)c2)n1.Cl. The highest BCUT2D eigenvalue weighted by molar-refractivity contribution is 5.85. The molecular formula is C15H14ClFN2. The average molecular weight is 277 g/mol. The first-order chi connectivity index (χ1) is 8.56. The molecule has 2 rings (SSSR count). The van der Waals surface area contributed by atoms with Gasteiger partial charge in [0.25, 0.3) is 0 Å². The molecule has 0 radical (unpaired) electrons. The molecule has 4 heteroatoms. The zero-order valence-corrected chi connectivity index (χ0v) is 11.5. The molecule has 1 aromatic carbocycles. The summed E-state index contributed by atoms with van der Waals surface area (Å²) < 4.78 is 13.0. The lowest BCUT2D eigenvalue weighted by atomic mass is 10.1. The maximum Gasteiger partial charge on any atom is 0.136 e. The maximum atomic E-state index is 13.0. The monoisotopic (exact) mass is 276 g/mol. The predicted octanol–water partition coefficient (Wildman–Crippen LogP) is 3.24. The van der Waals surface area contributed by atoms with E-state index in [0.717, 1.165) is 11.3 Å². The first-order valence-corrected chi connectivity index (χ1v) is 5.57. The summed E-state index contributed by atoms with van der Waals surface area (Å²) >= 11 is 0. The number of nitrogens with zero attached hydrogens (tertiary/aromatic N) is 1. The van der Waals surface area contributed by atoms with Crippen LogP contribution in [0.3, 0.4) is 0 Å². The highest BCUT2D eigenvalue weighted by Crippen LogP contribution is 2.15. The third kappa shape index (κ3) is 3.70. The van der Waals surface area contributed by atoms with Crippen molar-refractivity contribution in [2.45, 2.75) is 13.8 Å². The fourth-order valence-electron chi connectivity index (χ4n) is 1.64. The van der Waals surface area contributed by atoms with E-state index in [2.05, 4.69) is 16.8 Å². The first-order valence-electron chi connectivity index (χ1n) is 5.57. The molecule has 0 spiro atoms. The standard InChI is InChI=1S/C15H13FN2.ClH/c1-10-8-11(2)18-14(15(10)17)7-6-12-4-3-5-13(16)9-12;/h3-5,8-9H,17H2,1-2H3;1H. The van der Waals surface area contributed by atoms with Crippen LogP contribution < -0.4 is 5.73 Å². The smallest absolute Gasteiger partial charge is 0.136 e. The number of rotatable bonds is 0. The Morgan fingerprint density at radius 1 is 1.16 bits per heavy atom. The molecular weight excluding hydrogens is 263 g/mol. The van der Waals surface area contributed by atoms with Crippen LogP contribution in [-0.4, -0.2) is 4.98 Å². The molecule has 0 aliphatic heterocycles. The van der Waals surface area contributed by atoms with Gasteiger partial charge >= 0.3 is 0 Å². The quantitative estimate of drug-likeness (QED) is 0.750. The number of aryl methyl sites for hydroxylation is 2. The second-order valence-corrected chi connectivity index (χ2v) is 4.10. The number of anilines is 1. The van der Waals surface area contributed by atoms with Crippen LogP contribution in [0.1, 0.15) is 22.5 Å². The lowest BCUT2D eigenvalue weighted by Crippen LogP contribution is -1.99. The summed E-state index contributed by atoms with van der Waals surface area (Å²) in [6, 6.07) is 8.04. The van der Waals surface area contributed by atoms with E-state index in [1.54, 1.807) is 12.1 Å². The lowest BCUT2D eigenvalue weighted by molar-refractivity contribution is 0.627. The number of aromatic nitrogens is 1. The van der Waals surface area contributed by atoms with Gasteiger partial charge in [-0.2, -0.15) is 0 Å². The number of pyridine rings is 1. The van der Waals surface area contributed by atoms with E-state index in [4.69, 9.17) is 5.73 Å². The van der Waals surface area contributed by atoms with Crippen molar-refractivity contribution < 1.29 is 4.39 Å². The van der Waals surface area contributed by atoms with Gasteiger partial charge in [0.05, 0.1) is 5.69 Å². The molecule has 0 atom stereocenters. The van der Waals surface area contributed by atoms with Gasteiger partial charge in [0.15, 0.2) is 0 Å². The molecule has 19 heavy (non-hydrogen) atoms. The second-order valence-electron chi connectivity index (χ2n) is 4.10. The summed E-state index contributed by atoms with van der Waals surface area (Å²) in [5.41, 5.74) is 9.44. The number of nitrogen functional groups attached to an aromatic ring is 1. The number of hydrogen-bond donors (Lipinski definition) is 1. The van der Waals surface area contributed by atoms with E-state index in [1.165, 1.54) is 12.1 Å². The summed E-state index contributed by atoms with van der Waals surface area (Å²) in [4.78, 5) is 4.28. The van der Waals surface area contributed by atoms with E-state index in [9.17, 15) is 4.39 Å². The molecule has 0 fully saturated rings. The first kappa shape index (κ1) is 15.0. The molecule has 2 N–H and O–H groups in total. The number of halogens is 2. The Morgan fingerprint density at radius 2 is 1.89 bits per heavy atom. The molecule has 0 amide bonds. The van der Waals surface area contributed by atoms with Crippen LogP contribution in [0.4, 0.5) is 10.1 Å². The molecule has 2 aromatic rings. The van der Waals surface area contributed by atoms with Crippen molar-refractivity contribution in [1.29, 1.82) is 0 Å². The van der Waals surface area contributed by atoms with Crippen LogP contribution in [0.25, 0.3) is 0 Å². The van der Waals surface area contributed by atoms with E-state index < -0.39 is 0 Å². The van der Waals surface area contributed by atoms with E-state index in [-0.39, 0.29) is 18.2 Å². The van der Waals surface area contributed by atoms with Crippen LogP contribution in [0.2, 0.25) is 0 Å². The molecule has 98 valence electrons. The van der Waals surface area contributed by atoms with Crippen molar-refractivity contribution in [3.8, 4) is 11.8 Å². The largest absolute Gasteiger partial charge is 0.396 e. The van der Waals surface area contributed by atoms with Crippen molar-refractivity contribution >= 4 is 18.1 Å². The molecule has 0 saturated heterocycles. The molecule has 2 nitrogen and oxygen atoms in total. The minimum Gasteiger partial charge on any atom is -0.396 e. The van der Waals surface area contributed by atoms with Crippen molar-refractivity contribution in [1.82, 2.24) is 4.98 Å². The van der Waals surface area contributed by atoms with Crippen molar-refractivity contribution in [3.05, 3.63) is 58.7 Å². The summed E-state index contributed by atoms with van der Waals surface area (Å²) in [5.74, 6) is 5.45. The van der Waals surface area contributed by atoms with E-state index in [0.29, 0.717) is 16.9 Å². The Bertz CT molecular complexity index is 657. The van der Waals surface area contributed by atoms with Crippen LogP contribution in [0, 0.1) is 31.5 Å². The number of nitrogens with two attached hydrogens (primary N) is 1. The fourth-order valence-corrected chi connectivity index (χ4v) is 1.64. The van der Waals surface area contributed by atoms with Crippen LogP contribution in [0.5, 0.6) is 0 Å². The van der Waals surface area contributed by atoms with Gasteiger partial charge in [-0.25, -0.2) is 9.37 Å². The molecule has 0 bridgehead atoms. The van der Waals surface area contributed by atoms with Crippen LogP contribution in [-0.2, 0) is 0 Å². The normalized spacial score (nSPS) is 9.21. The minimum absolute atomic E-state index is 0. The zero-order valence-electron chi connectivity index (χ0n) is 10.7. The fraction of sp³-hybridized carbons (Fsp3) is 0.133. The Hall–Kier alpha value is -2.05. The van der Waals surface area contributed by atoms with Gasteiger partial charge in [0.2, 0.25) is 0 Å². The molecule has 0 unspecified atom stereocenters. The summed E-state index contributed by atoms with van der Waals surface area (Å²) in [5, 5.41) is 0. The van der Waals surface area contributed by atoms with Crippen LogP contribution in [0.15, 0.2) is 30.3 Å². The Labute approximate surface area is 118 Å². The molecule has 1 aromatic heterocycles. The Balaban J connectivity index is 0.00000180. The van der Waals surface area contributed by atoms with E-state index in [1.807, 2.05) is 19.9 Å². The number of hydrogen-bond acceptors (Lipinski definition) is 2. The Kier molecular flexibility index (Phi) is 4.91. The third-order valence-corrected chi connectivity index (χ3v) is 2.54. The second kappa shape index (κ2) is 6.21. The third-order valence-electron chi connectivity index (χ3n) is 2.54. The maximum absolute atomic E-state index is 13.0. The van der Waals surface area contributed by atoms with Gasteiger partial charge in [-0.15, -0.1) is 12.4 Å². The van der Waals surface area contributed by atoms with Crippen molar-refractivity contribution in [3.63, 3.8) is 0 Å². The van der Waals surface area contributed by atoms with Crippen LogP contribution >= 0.6 is 12.4 Å². The molecule has 0 aliphatic carbocycles. The topological polar surface area (TPSA) is 38.9 Å². The lowest BCUT2D eigenvalue weighted by Gasteiger charge is -2.03. The molecule has 0 aliphatic rings. The molecule has 1 heterocycles. The van der Waals surface area contributed by atoms with Gasteiger partial charge < -0.3 is 5.73 Å². The van der Waals surface area contributed by atoms with Gasteiger partial charge in [-0.3, -0.25) is 0 Å². The summed E-state index contributed by atoms with van der Waals surface area (Å²) in [6.45, 7) is 3.80. The Morgan fingerprint density at radius 3 is 2.58 bits per heavy atom. The molecule has 0 saturated carbocycles. The summed E-state index contributed by atoms with van der Waals surface area (Å²) in [6.07, 6.45) is 0. The highest BCUT2D eigenvalue weighted by atomic mass is 35.5. The average Bonchev–Trinajstić information content (AvgIpc) is 2.32. The highest BCUT2D eigenvalue weighted by Gasteiger charge is 2.02. The zero-order chi connectivity index (χ0) is 13.1. The minimum atomic E-state index is -0.303. The van der Waals surface area contributed by atoms with Crippen molar-refractivity contribution in [2.24, 2.45) is 0 Å². The predicted molar refractivity (Wildman–Crippen MR) is 77.8 cm³/mol.